The van der Waals surface area contributed by atoms with E-state index in [0.717, 1.165) is 18.7 Å². The Kier molecular flexibility index (Phi) is 5.66. The molecule has 2 bridgehead atoms. The smallest absolute Gasteiger partial charge is 0.417 e. The summed E-state index contributed by atoms with van der Waals surface area (Å²) < 4.78 is 58.6. The lowest BCUT2D eigenvalue weighted by molar-refractivity contribution is -0.137. The average molecular weight is 472 g/mol. The van der Waals surface area contributed by atoms with Crippen LogP contribution in [0.5, 0.6) is 5.88 Å². The fourth-order valence-electron chi connectivity index (χ4n) is 4.75. The van der Waals surface area contributed by atoms with E-state index in [0.29, 0.717) is 30.8 Å². The van der Waals surface area contributed by atoms with E-state index in [4.69, 9.17) is 4.74 Å². The monoisotopic (exact) mass is 472 g/mol. The molecular weight excluding hydrogens is 452 g/mol. The van der Waals surface area contributed by atoms with Gasteiger partial charge in [-0.1, -0.05) is 0 Å². The molecule has 0 N–H and O–H groups in total. The van der Waals surface area contributed by atoms with Gasteiger partial charge in [-0.3, -0.25) is 4.79 Å². The van der Waals surface area contributed by atoms with Crippen LogP contribution in [0.3, 0.4) is 0 Å². The highest BCUT2D eigenvalue weighted by atomic mass is 19.4. The Balaban J connectivity index is 1.40. The Morgan fingerprint density at radius 3 is 2.53 bits per heavy atom. The third kappa shape index (κ3) is 4.32. The summed E-state index contributed by atoms with van der Waals surface area (Å²) in [5.41, 5.74) is -0.274. The molecule has 1 amide bonds. The molecule has 0 spiro atoms. The standard InChI is InChI=1S/C24H20F4N4O2/c25-16-4-5-17(22-29-8-1-9-30-22)18(11-16)23(33)32-13-14-2-6-19(32)20(10-14)34-21-7-3-15(12-31-21)24(26,27)28/h1,3-5,7-9,11-12,14,19-20H,2,6,10,13H2/t14-,19+,20-/m1/s1. The Hall–Kier alpha value is -3.56. The van der Waals surface area contributed by atoms with Crippen LogP contribution < -0.4 is 4.74 Å². The van der Waals surface area contributed by atoms with E-state index in [1.54, 1.807) is 23.4 Å². The van der Waals surface area contributed by atoms with Crippen molar-refractivity contribution in [3.05, 3.63) is 71.9 Å². The summed E-state index contributed by atoms with van der Waals surface area (Å²) >= 11 is 0. The number of rotatable bonds is 4. The highest BCUT2D eigenvalue weighted by Gasteiger charge is 2.45. The number of hydrogen-bond donors (Lipinski definition) is 0. The third-order valence-electron chi connectivity index (χ3n) is 6.34. The Bertz CT molecular complexity index is 1190. The SMILES string of the molecule is O=C(c1cc(F)ccc1-c1ncccn1)N1C[C@@H]2CC[C@H]1[C@H](Oc1ccc(C(F)(F)F)cn1)C2. The van der Waals surface area contributed by atoms with Gasteiger partial charge in [0.2, 0.25) is 5.88 Å². The number of fused-ring (bicyclic) bond motifs is 3. The minimum atomic E-state index is -4.48. The highest BCUT2D eigenvalue weighted by molar-refractivity contribution is 6.00. The zero-order chi connectivity index (χ0) is 23.9. The molecule has 3 fully saturated rings. The highest BCUT2D eigenvalue weighted by Crippen LogP contribution is 2.39. The number of carbonyl (C=O) groups excluding carboxylic acids is 1. The van der Waals surface area contributed by atoms with E-state index in [2.05, 4.69) is 15.0 Å². The fourth-order valence-corrected chi connectivity index (χ4v) is 4.75. The lowest BCUT2D eigenvalue weighted by Crippen LogP contribution is -2.59. The second kappa shape index (κ2) is 8.66. The summed E-state index contributed by atoms with van der Waals surface area (Å²) in [4.78, 5) is 27.5. The van der Waals surface area contributed by atoms with Gasteiger partial charge in [-0.2, -0.15) is 13.2 Å². The summed E-state index contributed by atoms with van der Waals surface area (Å²) in [5.74, 6) is -0.354. The van der Waals surface area contributed by atoms with E-state index in [-0.39, 0.29) is 29.3 Å². The van der Waals surface area contributed by atoms with Gasteiger partial charge in [0, 0.05) is 36.8 Å². The molecule has 34 heavy (non-hydrogen) atoms. The van der Waals surface area contributed by atoms with Crippen LogP contribution >= 0.6 is 0 Å². The summed E-state index contributed by atoms with van der Waals surface area (Å²) in [6.45, 7) is 0.495. The van der Waals surface area contributed by atoms with Crippen LogP contribution in [-0.2, 0) is 6.18 Å². The van der Waals surface area contributed by atoms with Crippen LogP contribution in [0.15, 0.2) is 55.0 Å². The quantitative estimate of drug-likeness (QED) is 0.512. The largest absolute Gasteiger partial charge is 0.472 e. The van der Waals surface area contributed by atoms with Crippen molar-refractivity contribution < 1.29 is 27.1 Å². The summed E-state index contributed by atoms with van der Waals surface area (Å²) in [7, 11) is 0. The fraction of sp³-hybridized carbons (Fsp3) is 0.333. The molecular formula is C24H20F4N4O2. The van der Waals surface area contributed by atoms with E-state index >= 15 is 0 Å². The molecule has 6 nitrogen and oxygen atoms in total. The molecule has 1 aliphatic carbocycles. The third-order valence-corrected chi connectivity index (χ3v) is 6.34. The number of ether oxygens (including phenoxy) is 1. The number of halogens is 4. The van der Waals surface area contributed by atoms with E-state index in [9.17, 15) is 22.4 Å². The first-order valence-corrected chi connectivity index (χ1v) is 10.9. The van der Waals surface area contributed by atoms with Crippen molar-refractivity contribution in [1.82, 2.24) is 19.9 Å². The summed E-state index contributed by atoms with van der Waals surface area (Å²) in [6.07, 6.45) is 1.16. The maximum Gasteiger partial charge on any atom is 0.417 e. The number of pyridine rings is 1. The predicted octanol–water partition coefficient (Wildman–Crippen LogP) is 4.77. The lowest BCUT2D eigenvalue weighted by Gasteiger charge is -2.49. The van der Waals surface area contributed by atoms with Gasteiger partial charge in [-0.25, -0.2) is 19.3 Å². The Morgan fingerprint density at radius 1 is 1.06 bits per heavy atom. The first-order chi connectivity index (χ1) is 16.3. The topological polar surface area (TPSA) is 68.2 Å². The predicted molar refractivity (Wildman–Crippen MR) is 113 cm³/mol. The van der Waals surface area contributed by atoms with Crippen molar-refractivity contribution in [2.75, 3.05) is 6.54 Å². The molecule has 176 valence electrons. The van der Waals surface area contributed by atoms with Gasteiger partial charge in [0.05, 0.1) is 17.2 Å². The second-order valence-electron chi connectivity index (χ2n) is 8.51. The molecule has 0 radical (unpaired) electrons. The zero-order valence-corrected chi connectivity index (χ0v) is 17.9. The minimum Gasteiger partial charge on any atom is -0.472 e. The van der Waals surface area contributed by atoms with Gasteiger partial charge >= 0.3 is 6.18 Å². The van der Waals surface area contributed by atoms with Crippen LogP contribution in [0.1, 0.15) is 35.2 Å². The number of benzene rings is 1. The Labute approximate surface area is 192 Å². The van der Waals surface area contributed by atoms with Gasteiger partial charge in [-0.15, -0.1) is 0 Å². The van der Waals surface area contributed by atoms with Crippen molar-refractivity contribution in [3.8, 4) is 17.3 Å². The van der Waals surface area contributed by atoms with Crippen LogP contribution in [0.4, 0.5) is 17.6 Å². The van der Waals surface area contributed by atoms with Crippen molar-refractivity contribution >= 4 is 5.91 Å². The van der Waals surface area contributed by atoms with Crippen LogP contribution in [0, 0.1) is 11.7 Å². The first kappa shape index (κ1) is 22.2. The first-order valence-electron chi connectivity index (χ1n) is 10.9. The van der Waals surface area contributed by atoms with Crippen molar-refractivity contribution in [3.63, 3.8) is 0 Å². The molecule has 0 unspecified atom stereocenters. The van der Waals surface area contributed by atoms with Crippen LogP contribution in [-0.4, -0.2) is 44.4 Å². The molecule has 10 heteroatoms. The normalized spacial score (nSPS) is 22.0. The van der Waals surface area contributed by atoms with Gasteiger partial charge in [0.1, 0.15) is 11.9 Å². The van der Waals surface area contributed by atoms with E-state index in [1.165, 1.54) is 24.3 Å². The van der Waals surface area contributed by atoms with Gasteiger partial charge in [0.25, 0.3) is 5.91 Å². The maximum atomic E-state index is 14.1. The van der Waals surface area contributed by atoms with Gasteiger partial charge in [0.15, 0.2) is 5.82 Å². The molecule has 3 atom stereocenters. The van der Waals surface area contributed by atoms with Crippen molar-refractivity contribution in [1.29, 1.82) is 0 Å². The summed E-state index contributed by atoms with van der Waals surface area (Å²) in [5, 5.41) is 0. The molecule has 3 aromatic rings. The molecule has 2 aliphatic heterocycles. The molecule has 2 saturated heterocycles. The van der Waals surface area contributed by atoms with E-state index < -0.39 is 23.7 Å². The number of carbonyl (C=O) groups is 1. The zero-order valence-electron chi connectivity index (χ0n) is 17.9. The minimum absolute atomic E-state index is 0.0714. The summed E-state index contributed by atoms with van der Waals surface area (Å²) in [6, 6.07) is 7.38. The van der Waals surface area contributed by atoms with Crippen LogP contribution in [0.25, 0.3) is 11.4 Å². The molecule has 4 heterocycles. The molecule has 6 rings (SSSR count). The molecule has 1 saturated carbocycles. The Morgan fingerprint density at radius 2 is 1.85 bits per heavy atom. The molecule has 2 aromatic heterocycles. The number of aromatic nitrogens is 3. The second-order valence-corrected chi connectivity index (χ2v) is 8.51. The number of piperidine rings is 2. The van der Waals surface area contributed by atoms with E-state index in [1.807, 2.05) is 0 Å². The van der Waals surface area contributed by atoms with Gasteiger partial charge in [-0.05, 0) is 55.5 Å². The lowest BCUT2D eigenvalue weighted by atomic mass is 9.77. The molecule has 3 aliphatic rings. The number of amides is 1. The average Bonchev–Trinajstić information content (AvgIpc) is 2.84. The number of alkyl halides is 3. The molecule has 1 aromatic carbocycles. The number of nitrogens with zero attached hydrogens (tertiary/aromatic N) is 4. The number of hydrogen-bond acceptors (Lipinski definition) is 5. The van der Waals surface area contributed by atoms with Crippen LogP contribution in [0.2, 0.25) is 0 Å². The van der Waals surface area contributed by atoms with Crippen molar-refractivity contribution in [2.24, 2.45) is 5.92 Å². The van der Waals surface area contributed by atoms with Gasteiger partial charge < -0.3 is 9.64 Å². The maximum absolute atomic E-state index is 14.1. The van der Waals surface area contributed by atoms with Crippen molar-refractivity contribution in [2.45, 2.75) is 37.6 Å².